The summed E-state index contributed by atoms with van der Waals surface area (Å²) in [5, 5.41) is 0. The molecule has 1 heterocycles. The number of benzene rings is 2. The third kappa shape index (κ3) is 3.65. The molecule has 0 saturated carbocycles. The summed E-state index contributed by atoms with van der Waals surface area (Å²) in [6.45, 7) is 0.120. The molecule has 5 nitrogen and oxygen atoms in total. The molecule has 23 heavy (non-hydrogen) atoms. The molecule has 0 saturated heterocycles. The second-order valence-corrected chi connectivity index (χ2v) is 7.22. The van der Waals surface area contributed by atoms with Crippen molar-refractivity contribution in [3.63, 3.8) is 0 Å². The molecule has 0 fully saturated rings. The van der Waals surface area contributed by atoms with E-state index in [1.807, 2.05) is 30.3 Å². The lowest BCUT2D eigenvalue weighted by Gasteiger charge is -2.11. The number of nitrogens with two attached hydrogens (primary N) is 1. The van der Waals surface area contributed by atoms with Crippen LogP contribution < -0.4 is 15.2 Å². The van der Waals surface area contributed by atoms with Crippen molar-refractivity contribution in [1.29, 1.82) is 0 Å². The summed E-state index contributed by atoms with van der Waals surface area (Å²) in [6.07, 6.45) is 0.945. The van der Waals surface area contributed by atoms with Crippen molar-refractivity contribution in [3.8, 4) is 11.5 Å². The van der Waals surface area contributed by atoms with E-state index >= 15 is 0 Å². The highest BCUT2D eigenvalue weighted by Gasteiger charge is 2.21. The van der Waals surface area contributed by atoms with Gasteiger partial charge in [0.2, 0.25) is 6.79 Å². The Kier molecular flexibility index (Phi) is 4.54. The van der Waals surface area contributed by atoms with Crippen LogP contribution in [0.15, 0.2) is 53.4 Å². The third-order valence-electron chi connectivity index (χ3n) is 3.72. The molecule has 0 aliphatic carbocycles. The minimum atomic E-state index is -3.48. The summed E-state index contributed by atoms with van der Waals surface area (Å²) in [4.78, 5) is 0.204. The van der Waals surface area contributed by atoms with Crippen LogP contribution in [0.2, 0.25) is 0 Å². The first-order valence-corrected chi connectivity index (χ1v) is 8.89. The highest BCUT2D eigenvalue weighted by Crippen LogP contribution is 2.34. The maximum absolute atomic E-state index is 12.4. The van der Waals surface area contributed by atoms with Gasteiger partial charge in [0.25, 0.3) is 0 Å². The first kappa shape index (κ1) is 15.8. The van der Waals surface area contributed by atoms with Gasteiger partial charge in [-0.2, -0.15) is 0 Å². The van der Waals surface area contributed by atoms with Crippen LogP contribution in [0.1, 0.15) is 24.4 Å². The van der Waals surface area contributed by atoms with Crippen LogP contribution in [-0.2, 0) is 9.84 Å². The maximum Gasteiger partial charge on any atom is 0.231 e. The van der Waals surface area contributed by atoms with E-state index in [2.05, 4.69) is 0 Å². The van der Waals surface area contributed by atoms with Gasteiger partial charge in [-0.25, -0.2) is 8.42 Å². The van der Waals surface area contributed by atoms with Gasteiger partial charge in [-0.3, -0.25) is 0 Å². The molecule has 0 bridgehead atoms. The fraction of sp³-hybridized carbons (Fsp3) is 0.235. The monoisotopic (exact) mass is 332 g/mol. The van der Waals surface area contributed by atoms with E-state index < -0.39 is 9.84 Å². The topological polar surface area (TPSA) is 78.6 Å². The Morgan fingerprint density at radius 3 is 2.61 bits per heavy atom. The van der Waals surface area contributed by atoms with Gasteiger partial charge in [-0.05, 0) is 30.5 Å². The zero-order valence-electron chi connectivity index (χ0n) is 12.5. The summed E-state index contributed by atoms with van der Waals surface area (Å²) < 4.78 is 35.1. The molecular formula is C17H18NO4S. The van der Waals surface area contributed by atoms with E-state index in [0.717, 1.165) is 5.56 Å². The van der Waals surface area contributed by atoms with Crippen molar-refractivity contribution in [1.82, 2.24) is 0 Å². The molecule has 0 aromatic heterocycles. The quantitative estimate of drug-likeness (QED) is 0.880. The Morgan fingerprint density at radius 2 is 1.83 bits per heavy atom. The second-order valence-electron chi connectivity index (χ2n) is 5.32. The molecule has 3 rings (SSSR count). The fourth-order valence-electron chi connectivity index (χ4n) is 2.42. The number of hydrogen-bond acceptors (Lipinski definition) is 5. The SMILES string of the molecule is N[C@@H](CC[CH]S(=O)(=O)c1ccc2c(c1)OCO2)c1ccccc1. The average molecular weight is 332 g/mol. The Hall–Kier alpha value is -2.05. The van der Waals surface area contributed by atoms with Crippen molar-refractivity contribution in [2.75, 3.05) is 6.79 Å². The Balaban J connectivity index is 1.61. The molecule has 1 aliphatic heterocycles. The lowest BCUT2D eigenvalue weighted by Crippen LogP contribution is -2.11. The predicted molar refractivity (Wildman–Crippen MR) is 86.7 cm³/mol. The lowest BCUT2D eigenvalue weighted by molar-refractivity contribution is 0.174. The zero-order chi connectivity index (χ0) is 16.3. The number of ether oxygens (including phenoxy) is 2. The Morgan fingerprint density at radius 1 is 1.09 bits per heavy atom. The highest BCUT2D eigenvalue weighted by atomic mass is 32.2. The molecule has 6 heteroatoms. The van der Waals surface area contributed by atoms with E-state index in [1.54, 1.807) is 6.07 Å². The van der Waals surface area contributed by atoms with E-state index in [4.69, 9.17) is 15.2 Å². The largest absolute Gasteiger partial charge is 0.454 e. The normalized spacial score (nSPS) is 14.7. The number of fused-ring (bicyclic) bond motifs is 1. The van der Waals surface area contributed by atoms with Crippen molar-refractivity contribution in [2.24, 2.45) is 5.73 Å². The first-order valence-electron chi connectivity index (χ1n) is 7.35. The van der Waals surface area contributed by atoms with Crippen LogP contribution in [-0.4, -0.2) is 15.2 Å². The number of rotatable bonds is 6. The Bertz CT molecular complexity index is 774. The summed E-state index contributed by atoms with van der Waals surface area (Å²) in [7, 11) is -3.48. The van der Waals surface area contributed by atoms with Crippen LogP contribution in [0.5, 0.6) is 11.5 Å². The molecule has 0 amide bonds. The third-order valence-corrected chi connectivity index (χ3v) is 5.30. The molecule has 2 N–H and O–H groups in total. The highest BCUT2D eigenvalue weighted by molar-refractivity contribution is 7.93. The van der Waals surface area contributed by atoms with Gasteiger partial charge in [-0.15, -0.1) is 0 Å². The zero-order valence-corrected chi connectivity index (χ0v) is 13.3. The average Bonchev–Trinajstić information content (AvgIpc) is 3.03. The standard InChI is InChI=1S/C17H18NO4S/c18-15(13-5-2-1-3-6-13)7-4-10-23(19,20)14-8-9-16-17(11-14)22-12-21-16/h1-3,5-6,8-11,15H,4,7,12,18H2/t15-/m0/s1. The van der Waals surface area contributed by atoms with Gasteiger partial charge in [0.15, 0.2) is 21.3 Å². The minimum Gasteiger partial charge on any atom is -0.454 e. The van der Waals surface area contributed by atoms with Gasteiger partial charge in [0, 0.05) is 12.1 Å². The Labute approximate surface area is 135 Å². The molecule has 2 aromatic rings. The first-order chi connectivity index (χ1) is 11.1. The van der Waals surface area contributed by atoms with Crippen LogP contribution in [0.25, 0.3) is 0 Å². The number of sulfone groups is 1. The fourth-order valence-corrected chi connectivity index (χ4v) is 3.59. The van der Waals surface area contributed by atoms with Crippen LogP contribution >= 0.6 is 0 Å². The smallest absolute Gasteiger partial charge is 0.231 e. The molecule has 1 atom stereocenters. The molecular weight excluding hydrogens is 314 g/mol. The van der Waals surface area contributed by atoms with Crippen molar-refractivity contribution in [2.45, 2.75) is 23.8 Å². The van der Waals surface area contributed by atoms with Gasteiger partial charge in [0.1, 0.15) is 0 Å². The van der Waals surface area contributed by atoms with E-state index in [9.17, 15) is 8.42 Å². The number of hydrogen-bond donors (Lipinski definition) is 1. The minimum absolute atomic E-state index is 0.120. The van der Waals surface area contributed by atoms with Gasteiger partial charge >= 0.3 is 0 Å². The van der Waals surface area contributed by atoms with Crippen LogP contribution in [0.3, 0.4) is 0 Å². The lowest BCUT2D eigenvalue weighted by atomic mass is 10.0. The van der Waals surface area contributed by atoms with Gasteiger partial charge in [-0.1, -0.05) is 30.3 Å². The van der Waals surface area contributed by atoms with Crippen molar-refractivity contribution in [3.05, 3.63) is 59.8 Å². The molecule has 1 radical (unpaired) electrons. The maximum atomic E-state index is 12.4. The van der Waals surface area contributed by atoms with Crippen molar-refractivity contribution >= 4 is 9.84 Å². The van der Waals surface area contributed by atoms with Crippen LogP contribution in [0, 0.1) is 5.75 Å². The molecule has 0 unspecified atom stereocenters. The molecule has 2 aromatic carbocycles. The van der Waals surface area contributed by atoms with E-state index in [-0.39, 0.29) is 17.7 Å². The van der Waals surface area contributed by atoms with E-state index in [0.29, 0.717) is 24.3 Å². The predicted octanol–water partition coefficient (Wildman–Crippen LogP) is 2.83. The summed E-state index contributed by atoms with van der Waals surface area (Å²) in [5.41, 5.74) is 7.09. The molecule has 121 valence electrons. The summed E-state index contributed by atoms with van der Waals surface area (Å²) >= 11 is 0. The van der Waals surface area contributed by atoms with Gasteiger partial charge in [0.05, 0.1) is 10.6 Å². The van der Waals surface area contributed by atoms with Crippen LogP contribution in [0.4, 0.5) is 0 Å². The van der Waals surface area contributed by atoms with Gasteiger partial charge < -0.3 is 15.2 Å². The molecule has 0 spiro atoms. The molecule has 1 aliphatic rings. The summed E-state index contributed by atoms with van der Waals surface area (Å²) in [6, 6.07) is 14.1. The van der Waals surface area contributed by atoms with E-state index in [1.165, 1.54) is 17.9 Å². The second kappa shape index (κ2) is 6.60. The summed E-state index contributed by atoms with van der Waals surface area (Å²) in [5.74, 6) is 2.34. The van der Waals surface area contributed by atoms with Crippen molar-refractivity contribution < 1.29 is 17.9 Å².